The van der Waals surface area contributed by atoms with E-state index < -0.39 is 18.0 Å². The number of nitrogens with one attached hydrogen (secondary N) is 1. The number of benzene rings is 1. The summed E-state index contributed by atoms with van der Waals surface area (Å²) in [5.74, 6) is -0.771. The maximum absolute atomic E-state index is 12.9. The summed E-state index contributed by atoms with van der Waals surface area (Å²) in [6.07, 6.45) is -4.46. The van der Waals surface area contributed by atoms with Crippen molar-refractivity contribution < 1.29 is 22.0 Å². The minimum Gasteiger partial charge on any atom is -0.459 e. The second kappa shape index (κ2) is 4.61. The second-order valence-corrected chi connectivity index (χ2v) is 3.86. The summed E-state index contributed by atoms with van der Waals surface area (Å²) in [5.41, 5.74) is 0.235. The van der Waals surface area contributed by atoms with Gasteiger partial charge >= 0.3 is 6.18 Å². The van der Waals surface area contributed by atoms with Crippen LogP contribution < -0.4 is 5.32 Å². The second-order valence-electron chi connectivity index (χ2n) is 3.86. The maximum Gasteiger partial charge on any atom is 0.410 e. The molecule has 2 nitrogen and oxygen atoms in total. The molecule has 2 aromatic rings. The first-order valence-corrected chi connectivity index (χ1v) is 5.41. The van der Waals surface area contributed by atoms with Crippen LogP contribution in [0.25, 0.3) is 11.0 Å². The Labute approximate surface area is 101 Å². The number of furan rings is 1. The Morgan fingerprint density at radius 3 is 2.61 bits per heavy atom. The van der Waals surface area contributed by atoms with Crippen molar-refractivity contribution in [1.82, 2.24) is 5.32 Å². The molecule has 0 aliphatic rings. The first-order chi connectivity index (χ1) is 8.41. The van der Waals surface area contributed by atoms with Crippen LogP contribution in [-0.2, 0) is 0 Å². The monoisotopic (exact) mass is 261 g/mol. The van der Waals surface area contributed by atoms with E-state index in [2.05, 4.69) is 5.32 Å². The van der Waals surface area contributed by atoms with Crippen molar-refractivity contribution in [3.63, 3.8) is 0 Å². The van der Waals surface area contributed by atoms with E-state index in [9.17, 15) is 17.6 Å². The van der Waals surface area contributed by atoms with Gasteiger partial charge in [0, 0.05) is 5.39 Å². The Balaban J connectivity index is 2.44. The summed E-state index contributed by atoms with van der Waals surface area (Å²) < 4.78 is 56.5. The third-order valence-corrected chi connectivity index (χ3v) is 2.52. The van der Waals surface area contributed by atoms with Gasteiger partial charge in [-0.05, 0) is 30.8 Å². The molecule has 2 rings (SSSR count). The first kappa shape index (κ1) is 12.9. The molecule has 1 N–H and O–H groups in total. The molecule has 18 heavy (non-hydrogen) atoms. The fraction of sp³-hybridized carbons (Fsp3) is 0.333. The molecule has 0 saturated heterocycles. The minimum atomic E-state index is -4.46. The largest absolute Gasteiger partial charge is 0.459 e. The Morgan fingerprint density at radius 2 is 2.00 bits per heavy atom. The third kappa shape index (κ3) is 2.48. The van der Waals surface area contributed by atoms with E-state index in [4.69, 9.17) is 4.42 Å². The highest BCUT2D eigenvalue weighted by Crippen LogP contribution is 2.35. The fourth-order valence-corrected chi connectivity index (χ4v) is 1.76. The minimum absolute atomic E-state index is 0.148. The number of rotatable bonds is 3. The highest BCUT2D eigenvalue weighted by Gasteiger charge is 2.42. The number of hydrogen-bond acceptors (Lipinski definition) is 2. The molecule has 0 aliphatic carbocycles. The number of alkyl halides is 3. The van der Waals surface area contributed by atoms with Crippen LogP contribution in [0.2, 0.25) is 0 Å². The van der Waals surface area contributed by atoms with Gasteiger partial charge in [-0.1, -0.05) is 6.92 Å². The van der Waals surface area contributed by atoms with Crippen LogP contribution in [0.4, 0.5) is 17.6 Å². The Bertz CT molecular complexity index is 546. The van der Waals surface area contributed by atoms with Crippen LogP contribution in [0.5, 0.6) is 0 Å². The van der Waals surface area contributed by atoms with E-state index in [-0.39, 0.29) is 17.9 Å². The standard InChI is InChI=1S/C12H11F4NO/c1-2-17-11(12(14,15)16)10-6-7-5-8(13)3-4-9(7)18-10/h3-6,11,17H,2H2,1H3. The normalized spacial score (nSPS) is 14.1. The fourth-order valence-electron chi connectivity index (χ4n) is 1.76. The summed E-state index contributed by atoms with van der Waals surface area (Å²) in [5, 5.41) is 2.62. The number of halogens is 4. The maximum atomic E-state index is 12.9. The predicted octanol–water partition coefficient (Wildman–Crippen LogP) is 3.78. The van der Waals surface area contributed by atoms with Crippen molar-refractivity contribution in [2.24, 2.45) is 0 Å². The lowest BCUT2D eigenvalue weighted by Gasteiger charge is -2.18. The molecule has 0 bridgehead atoms. The summed E-state index contributed by atoms with van der Waals surface area (Å²) >= 11 is 0. The average Bonchev–Trinajstić information content (AvgIpc) is 2.66. The number of hydrogen-bond donors (Lipinski definition) is 1. The Hall–Kier alpha value is -1.56. The molecule has 0 spiro atoms. The van der Waals surface area contributed by atoms with Gasteiger partial charge in [0.25, 0.3) is 0 Å². The van der Waals surface area contributed by atoms with Crippen molar-refractivity contribution in [3.8, 4) is 0 Å². The summed E-state index contributed by atoms with van der Waals surface area (Å²) in [6, 6.07) is 2.93. The highest BCUT2D eigenvalue weighted by molar-refractivity contribution is 5.78. The zero-order valence-electron chi connectivity index (χ0n) is 9.51. The lowest BCUT2D eigenvalue weighted by molar-refractivity contribution is -0.161. The predicted molar refractivity (Wildman–Crippen MR) is 58.6 cm³/mol. The van der Waals surface area contributed by atoms with Crippen LogP contribution in [0.15, 0.2) is 28.7 Å². The van der Waals surface area contributed by atoms with Crippen LogP contribution in [-0.4, -0.2) is 12.7 Å². The van der Waals surface area contributed by atoms with Gasteiger partial charge in [0.15, 0.2) is 6.04 Å². The van der Waals surface area contributed by atoms with Crippen LogP contribution in [0.1, 0.15) is 18.7 Å². The molecule has 0 amide bonds. The molecule has 0 fully saturated rings. The molecule has 1 heterocycles. The highest BCUT2D eigenvalue weighted by atomic mass is 19.4. The van der Waals surface area contributed by atoms with Gasteiger partial charge in [-0.15, -0.1) is 0 Å². The molecule has 98 valence electrons. The third-order valence-electron chi connectivity index (χ3n) is 2.52. The van der Waals surface area contributed by atoms with Crippen molar-refractivity contribution in [1.29, 1.82) is 0 Å². The van der Waals surface area contributed by atoms with E-state index in [0.717, 1.165) is 12.1 Å². The molecule has 6 heteroatoms. The molecule has 1 unspecified atom stereocenters. The lowest BCUT2D eigenvalue weighted by atomic mass is 10.2. The molecule has 0 aliphatic heterocycles. The van der Waals surface area contributed by atoms with Gasteiger partial charge in [-0.2, -0.15) is 13.2 Å². The van der Waals surface area contributed by atoms with Crippen LogP contribution >= 0.6 is 0 Å². The molecular weight excluding hydrogens is 250 g/mol. The van der Waals surface area contributed by atoms with Crippen LogP contribution in [0, 0.1) is 5.82 Å². The zero-order valence-corrected chi connectivity index (χ0v) is 9.51. The van der Waals surface area contributed by atoms with Crippen molar-refractivity contribution in [2.75, 3.05) is 6.54 Å². The molecule has 0 saturated carbocycles. The topological polar surface area (TPSA) is 25.2 Å². The molecule has 0 radical (unpaired) electrons. The van der Waals surface area contributed by atoms with Gasteiger partial charge < -0.3 is 9.73 Å². The van der Waals surface area contributed by atoms with E-state index in [1.54, 1.807) is 6.92 Å². The Morgan fingerprint density at radius 1 is 1.28 bits per heavy atom. The molecule has 1 atom stereocenters. The average molecular weight is 261 g/mol. The summed E-state index contributed by atoms with van der Waals surface area (Å²) in [4.78, 5) is 0. The van der Waals surface area contributed by atoms with E-state index >= 15 is 0 Å². The molecular formula is C12H11F4NO. The first-order valence-electron chi connectivity index (χ1n) is 5.41. The molecule has 1 aromatic heterocycles. The van der Waals surface area contributed by atoms with Crippen molar-refractivity contribution in [2.45, 2.75) is 19.1 Å². The zero-order chi connectivity index (χ0) is 13.3. The lowest BCUT2D eigenvalue weighted by Crippen LogP contribution is -2.33. The van der Waals surface area contributed by atoms with Crippen molar-refractivity contribution in [3.05, 3.63) is 35.8 Å². The van der Waals surface area contributed by atoms with Gasteiger partial charge in [-0.3, -0.25) is 0 Å². The van der Waals surface area contributed by atoms with Gasteiger partial charge in [0.05, 0.1) is 0 Å². The quantitative estimate of drug-likeness (QED) is 0.850. The number of fused-ring (bicyclic) bond motifs is 1. The summed E-state index contributed by atoms with van der Waals surface area (Å²) in [6.45, 7) is 1.72. The SMILES string of the molecule is CCNC(c1cc2cc(F)ccc2o1)C(F)(F)F. The van der Waals surface area contributed by atoms with E-state index in [1.807, 2.05) is 0 Å². The smallest absolute Gasteiger partial charge is 0.410 e. The summed E-state index contributed by atoms with van der Waals surface area (Å²) in [7, 11) is 0. The van der Waals surface area contributed by atoms with Gasteiger partial charge in [-0.25, -0.2) is 4.39 Å². The van der Waals surface area contributed by atoms with E-state index in [1.165, 1.54) is 12.1 Å². The van der Waals surface area contributed by atoms with E-state index in [0.29, 0.717) is 5.39 Å². The van der Waals surface area contributed by atoms with Crippen LogP contribution in [0.3, 0.4) is 0 Å². The van der Waals surface area contributed by atoms with Crippen molar-refractivity contribution >= 4 is 11.0 Å². The van der Waals surface area contributed by atoms with Gasteiger partial charge in [0.2, 0.25) is 0 Å². The molecule has 1 aromatic carbocycles. The van der Waals surface area contributed by atoms with Gasteiger partial charge in [0.1, 0.15) is 17.2 Å². The Kier molecular flexibility index (Phi) is 3.30.